The van der Waals surface area contributed by atoms with Gasteiger partial charge in [0.2, 0.25) is 5.91 Å². The van der Waals surface area contributed by atoms with Gasteiger partial charge in [0.15, 0.2) is 0 Å². The molecule has 396 valence electrons. The van der Waals surface area contributed by atoms with Gasteiger partial charge in [-0.25, -0.2) is 4.57 Å². The average molecular weight is 967 g/mol. The van der Waals surface area contributed by atoms with Crippen molar-refractivity contribution < 1.29 is 32.9 Å². The van der Waals surface area contributed by atoms with Gasteiger partial charge in [-0.3, -0.25) is 13.8 Å². The van der Waals surface area contributed by atoms with Gasteiger partial charge in [0.1, 0.15) is 13.2 Å². The maximum absolute atomic E-state index is 13.0. The number of likely N-dealkylation sites (N-methyl/N-ethyl adjacent to an activating group) is 1. The summed E-state index contributed by atoms with van der Waals surface area (Å²) in [5, 5.41) is 13.9. The molecule has 9 heteroatoms. The van der Waals surface area contributed by atoms with Crippen molar-refractivity contribution >= 4 is 13.7 Å². The molecular formula is C58H114N2O6P+. The maximum atomic E-state index is 13.0. The summed E-state index contributed by atoms with van der Waals surface area (Å²) in [6, 6.07) is -0.868. The first kappa shape index (κ1) is 65.7. The number of unbranched alkanes of at least 4 members (excludes halogenated alkanes) is 36. The van der Waals surface area contributed by atoms with Crippen molar-refractivity contribution in [3.8, 4) is 0 Å². The summed E-state index contributed by atoms with van der Waals surface area (Å²) >= 11 is 0. The lowest BCUT2D eigenvalue weighted by Crippen LogP contribution is -2.45. The van der Waals surface area contributed by atoms with Crippen molar-refractivity contribution in [2.45, 2.75) is 289 Å². The number of hydrogen-bond acceptors (Lipinski definition) is 5. The van der Waals surface area contributed by atoms with E-state index >= 15 is 0 Å². The Bertz CT molecular complexity index is 1190. The van der Waals surface area contributed by atoms with E-state index in [2.05, 4.69) is 43.5 Å². The molecule has 67 heavy (non-hydrogen) atoms. The first-order valence-corrected chi connectivity index (χ1v) is 30.4. The Morgan fingerprint density at radius 3 is 1.19 bits per heavy atom. The fourth-order valence-corrected chi connectivity index (χ4v) is 9.28. The normalized spacial score (nSPS) is 14.2. The van der Waals surface area contributed by atoms with E-state index in [1.807, 2.05) is 27.2 Å². The van der Waals surface area contributed by atoms with Crippen LogP contribution in [0, 0.1) is 0 Å². The minimum absolute atomic E-state index is 0.0551. The second-order valence-corrected chi connectivity index (χ2v) is 22.5. The number of hydrogen-bond donors (Lipinski definition) is 3. The molecule has 0 aromatic rings. The molecule has 0 rings (SSSR count). The van der Waals surface area contributed by atoms with E-state index in [9.17, 15) is 19.4 Å². The van der Waals surface area contributed by atoms with Crippen molar-refractivity contribution in [2.24, 2.45) is 0 Å². The van der Waals surface area contributed by atoms with Gasteiger partial charge in [0.25, 0.3) is 0 Å². The number of aliphatic hydroxyl groups excluding tert-OH is 1. The molecule has 0 heterocycles. The lowest BCUT2D eigenvalue weighted by molar-refractivity contribution is -0.870. The summed E-state index contributed by atoms with van der Waals surface area (Å²) in [4.78, 5) is 23.3. The quantitative estimate of drug-likeness (QED) is 0.0243. The molecule has 0 saturated carbocycles. The predicted octanol–water partition coefficient (Wildman–Crippen LogP) is 17.4. The third kappa shape index (κ3) is 52.4. The van der Waals surface area contributed by atoms with Crippen LogP contribution in [0.25, 0.3) is 0 Å². The second kappa shape index (κ2) is 49.7. The number of nitrogens with zero attached hydrogens (tertiary/aromatic N) is 1. The fourth-order valence-electron chi connectivity index (χ4n) is 8.55. The van der Waals surface area contributed by atoms with Crippen molar-refractivity contribution in [3.05, 3.63) is 36.5 Å². The number of phosphoric ester groups is 1. The molecule has 3 unspecified atom stereocenters. The summed E-state index contributed by atoms with van der Waals surface area (Å²) in [5.41, 5.74) is 0. The van der Waals surface area contributed by atoms with Gasteiger partial charge in [-0.1, -0.05) is 262 Å². The van der Waals surface area contributed by atoms with Crippen LogP contribution in [0.2, 0.25) is 0 Å². The van der Waals surface area contributed by atoms with E-state index in [4.69, 9.17) is 9.05 Å². The van der Waals surface area contributed by atoms with Crippen molar-refractivity contribution in [1.29, 1.82) is 0 Å². The Labute approximate surface area is 417 Å². The standard InChI is InChI=1S/C58H113N2O6P/c1-6-8-10-12-14-16-18-20-22-24-26-28-29-30-31-32-34-36-38-40-42-44-46-48-50-52-58(62)59-56(55-66-67(63,64)65-54-53-60(3,4)5)57(61)51-49-47-45-43-41-39-37-35-33-27-25-23-21-19-17-15-13-11-9-7-2/h33,35,41,43,49,51,56-57,61H,6-32,34,36-40,42,44-48,50,52-55H2,1-5H3,(H-,59,62,63,64)/p+1/b35-33+,43-41+,51-49+. The number of amides is 1. The number of carbonyl (C=O) groups excluding carboxylic acids is 1. The van der Waals surface area contributed by atoms with Crippen LogP contribution in [0.1, 0.15) is 277 Å². The smallest absolute Gasteiger partial charge is 0.387 e. The average Bonchev–Trinajstić information content (AvgIpc) is 3.29. The number of nitrogens with one attached hydrogen (secondary N) is 1. The Balaban J connectivity index is 4.23. The van der Waals surface area contributed by atoms with E-state index in [0.29, 0.717) is 17.4 Å². The van der Waals surface area contributed by atoms with Crippen LogP contribution in [0.5, 0.6) is 0 Å². The number of phosphoric acid groups is 1. The summed E-state index contributed by atoms with van der Waals surface area (Å²) in [7, 11) is 1.56. The highest BCUT2D eigenvalue weighted by Gasteiger charge is 2.27. The maximum Gasteiger partial charge on any atom is 0.472 e. The van der Waals surface area contributed by atoms with Crippen LogP contribution in [-0.4, -0.2) is 73.4 Å². The molecule has 0 saturated heterocycles. The first-order chi connectivity index (χ1) is 32.5. The van der Waals surface area contributed by atoms with Crippen molar-refractivity contribution in [2.75, 3.05) is 40.9 Å². The Kier molecular flexibility index (Phi) is 48.7. The highest BCUT2D eigenvalue weighted by molar-refractivity contribution is 7.47. The van der Waals surface area contributed by atoms with Crippen LogP contribution >= 0.6 is 7.82 Å². The number of quaternary nitrogens is 1. The molecule has 1 amide bonds. The van der Waals surface area contributed by atoms with Gasteiger partial charge in [-0.2, -0.15) is 0 Å². The molecule has 8 nitrogen and oxygen atoms in total. The van der Waals surface area contributed by atoms with Crippen molar-refractivity contribution in [1.82, 2.24) is 5.32 Å². The second-order valence-electron chi connectivity index (χ2n) is 21.0. The van der Waals surface area contributed by atoms with E-state index < -0.39 is 20.0 Å². The van der Waals surface area contributed by atoms with Crippen LogP contribution in [-0.2, 0) is 18.4 Å². The molecule has 0 aromatic carbocycles. The van der Waals surface area contributed by atoms with Gasteiger partial charge in [-0.15, -0.1) is 0 Å². The minimum atomic E-state index is -4.36. The van der Waals surface area contributed by atoms with E-state index in [1.165, 1.54) is 212 Å². The number of rotatable bonds is 53. The van der Waals surface area contributed by atoms with Gasteiger partial charge in [0, 0.05) is 6.42 Å². The molecule has 0 aliphatic heterocycles. The summed E-state index contributed by atoms with van der Waals surface area (Å²) in [6.07, 6.45) is 63.9. The van der Waals surface area contributed by atoms with Crippen LogP contribution in [0.3, 0.4) is 0 Å². The van der Waals surface area contributed by atoms with Gasteiger partial charge < -0.3 is 19.8 Å². The zero-order chi connectivity index (χ0) is 49.2. The molecule has 3 N–H and O–H groups in total. The van der Waals surface area contributed by atoms with E-state index in [0.717, 1.165) is 44.9 Å². The third-order valence-electron chi connectivity index (χ3n) is 13.1. The summed E-state index contributed by atoms with van der Waals surface area (Å²) in [5.74, 6) is -0.186. The zero-order valence-electron chi connectivity index (χ0n) is 45.2. The van der Waals surface area contributed by atoms with Crippen molar-refractivity contribution in [3.63, 3.8) is 0 Å². The lowest BCUT2D eigenvalue weighted by atomic mass is 10.0. The topological polar surface area (TPSA) is 105 Å². The van der Waals surface area contributed by atoms with E-state index in [1.54, 1.807) is 6.08 Å². The molecule has 0 aliphatic carbocycles. The predicted molar refractivity (Wildman–Crippen MR) is 291 cm³/mol. The molecular weight excluding hydrogens is 852 g/mol. The highest BCUT2D eigenvalue weighted by atomic mass is 31.2. The first-order valence-electron chi connectivity index (χ1n) is 28.9. The molecule has 0 bridgehead atoms. The van der Waals surface area contributed by atoms with Gasteiger partial charge in [0.05, 0.1) is 39.9 Å². The highest BCUT2D eigenvalue weighted by Crippen LogP contribution is 2.43. The summed E-state index contributed by atoms with van der Waals surface area (Å²) < 4.78 is 23.7. The molecule has 0 aromatic heterocycles. The SMILES string of the molecule is CCCCCCCCCCCC/C=C/CC/C=C/CC/C=C/C(O)C(COP(=O)(O)OCC[N+](C)(C)C)NC(=O)CCCCCCCCCCCCCCCCCCCCCCCCCCC. The van der Waals surface area contributed by atoms with Crippen LogP contribution in [0.4, 0.5) is 0 Å². The lowest BCUT2D eigenvalue weighted by Gasteiger charge is -2.25. The Hall–Kier alpha value is -1.28. The largest absolute Gasteiger partial charge is 0.472 e. The van der Waals surface area contributed by atoms with Gasteiger partial charge in [-0.05, 0) is 44.9 Å². The Morgan fingerprint density at radius 2 is 0.821 bits per heavy atom. The summed E-state index contributed by atoms with van der Waals surface area (Å²) in [6.45, 7) is 4.82. The van der Waals surface area contributed by atoms with Crippen LogP contribution in [0.15, 0.2) is 36.5 Å². The van der Waals surface area contributed by atoms with E-state index in [-0.39, 0.29) is 19.1 Å². The van der Waals surface area contributed by atoms with Gasteiger partial charge >= 0.3 is 7.82 Å². The monoisotopic (exact) mass is 966 g/mol. The Morgan fingerprint density at radius 1 is 0.493 bits per heavy atom. The molecule has 0 aliphatic rings. The molecule has 0 spiro atoms. The number of aliphatic hydroxyl groups is 1. The van der Waals surface area contributed by atoms with Crippen LogP contribution < -0.4 is 5.32 Å². The number of carbonyl (C=O) groups is 1. The molecule has 0 radical (unpaired) electrons. The fraction of sp³-hybridized carbons (Fsp3) is 0.879. The minimum Gasteiger partial charge on any atom is -0.387 e. The third-order valence-corrected chi connectivity index (χ3v) is 14.1. The molecule has 0 fully saturated rings. The molecule has 3 atom stereocenters. The zero-order valence-corrected chi connectivity index (χ0v) is 46.0. The number of allylic oxidation sites excluding steroid dienone is 5.